The molecule has 1 nitrogen and oxygen atoms in total. The number of rotatable bonds is 8. The van der Waals surface area contributed by atoms with E-state index in [0.29, 0.717) is 12.2 Å². The van der Waals surface area contributed by atoms with Crippen LogP contribution in [0, 0.1) is 30.0 Å². The molecule has 130 valence electrons. The van der Waals surface area contributed by atoms with Crippen LogP contribution in [-0.4, -0.2) is 5.78 Å². The first-order valence-electron chi connectivity index (χ1n) is 8.95. The van der Waals surface area contributed by atoms with E-state index in [1.165, 1.54) is 6.07 Å². The highest BCUT2D eigenvalue weighted by Crippen LogP contribution is 2.31. The average Bonchev–Trinajstić information content (AvgIpc) is 2.48. The van der Waals surface area contributed by atoms with Gasteiger partial charge in [0.15, 0.2) is 0 Å². The maximum atomic E-state index is 13.9. The van der Waals surface area contributed by atoms with Crippen LogP contribution in [0.1, 0.15) is 71.4 Å². The van der Waals surface area contributed by atoms with E-state index in [9.17, 15) is 9.18 Å². The summed E-state index contributed by atoms with van der Waals surface area (Å²) in [4.78, 5) is 12.9. The lowest BCUT2D eigenvalue weighted by Crippen LogP contribution is -2.31. The minimum absolute atomic E-state index is 0.0177. The lowest BCUT2D eigenvalue weighted by atomic mass is 9.74. The quantitative estimate of drug-likeness (QED) is 0.563. The number of Topliss-reactive ketones (excluding diaryl/α,β-unsaturated/α-hetero) is 1. The second-order valence-electron chi connectivity index (χ2n) is 7.96. The number of hydrogen-bond acceptors (Lipinski definition) is 1. The van der Waals surface area contributed by atoms with Gasteiger partial charge in [0.1, 0.15) is 11.6 Å². The molecular weight excluding hydrogens is 287 g/mol. The van der Waals surface area contributed by atoms with Crippen LogP contribution in [0.5, 0.6) is 0 Å². The van der Waals surface area contributed by atoms with Crippen LogP contribution in [0.2, 0.25) is 0 Å². The van der Waals surface area contributed by atoms with E-state index in [1.54, 1.807) is 6.07 Å². The van der Waals surface area contributed by atoms with E-state index in [4.69, 9.17) is 0 Å². The molecule has 1 aromatic rings. The molecule has 0 spiro atoms. The Balaban J connectivity index is 2.82. The minimum Gasteiger partial charge on any atom is -0.299 e. The Kier molecular flexibility index (Phi) is 7.44. The summed E-state index contributed by atoms with van der Waals surface area (Å²) in [5.41, 5.74) is 1.79. The molecule has 0 saturated carbocycles. The SMILES string of the molecule is CCCCC(CCc1cc(C)ccc1F)C(=O)C(C)C(C)(C)C. The molecule has 0 aliphatic carbocycles. The van der Waals surface area contributed by atoms with E-state index >= 15 is 0 Å². The third-order valence-corrected chi connectivity index (χ3v) is 5.00. The fourth-order valence-corrected chi connectivity index (χ4v) is 2.88. The zero-order valence-corrected chi connectivity index (χ0v) is 15.7. The Morgan fingerprint density at radius 2 is 1.87 bits per heavy atom. The van der Waals surface area contributed by atoms with Gasteiger partial charge in [-0.1, -0.05) is 65.2 Å². The van der Waals surface area contributed by atoms with Gasteiger partial charge < -0.3 is 0 Å². The predicted octanol–water partition coefficient (Wildman–Crippen LogP) is 6.12. The summed E-state index contributed by atoms with van der Waals surface area (Å²) >= 11 is 0. The van der Waals surface area contributed by atoms with Gasteiger partial charge in [-0.05, 0) is 43.2 Å². The van der Waals surface area contributed by atoms with Crippen molar-refractivity contribution in [1.29, 1.82) is 0 Å². The molecule has 1 aromatic carbocycles. The summed E-state index contributed by atoms with van der Waals surface area (Å²) in [5, 5.41) is 0. The average molecular weight is 320 g/mol. The van der Waals surface area contributed by atoms with Crippen LogP contribution >= 0.6 is 0 Å². The number of hydrogen-bond donors (Lipinski definition) is 0. The second-order valence-corrected chi connectivity index (χ2v) is 7.96. The molecule has 2 atom stereocenters. The zero-order chi connectivity index (χ0) is 17.6. The number of ketones is 1. The lowest BCUT2D eigenvalue weighted by Gasteiger charge is -2.29. The van der Waals surface area contributed by atoms with Gasteiger partial charge in [0.25, 0.3) is 0 Å². The number of aryl methyl sites for hydroxylation is 2. The smallest absolute Gasteiger partial charge is 0.139 e. The molecular formula is C21H33FO. The number of carbonyl (C=O) groups is 1. The molecule has 0 amide bonds. The molecule has 2 heteroatoms. The molecule has 23 heavy (non-hydrogen) atoms. The van der Waals surface area contributed by atoms with Crippen LogP contribution in [-0.2, 0) is 11.2 Å². The highest BCUT2D eigenvalue weighted by atomic mass is 19.1. The number of carbonyl (C=O) groups excluding carboxylic acids is 1. The molecule has 2 unspecified atom stereocenters. The normalized spacial score (nSPS) is 14.6. The van der Waals surface area contributed by atoms with Gasteiger partial charge in [0, 0.05) is 11.8 Å². The van der Waals surface area contributed by atoms with Crippen molar-refractivity contribution < 1.29 is 9.18 Å². The summed E-state index contributed by atoms with van der Waals surface area (Å²) in [6, 6.07) is 5.23. The van der Waals surface area contributed by atoms with Crippen molar-refractivity contribution in [3.05, 3.63) is 35.1 Å². The van der Waals surface area contributed by atoms with E-state index in [2.05, 4.69) is 27.7 Å². The molecule has 1 rings (SSSR count). The summed E-state index contributed by atoms with van der Waals surface area (Å²) < 4.78 is 13.9. The summed E-state index contributed by atoms with van der Waals surface area (Å²) in [6.07, 6.45) is 4.46. The van der Waals surface area contributed by atoms with Gasteiger partial charge in [-0.2, -0.15) is 0 Å². The molecule has 0 heterocycles. The van der Waals surface area contributed by atoms with Gasteiger partial charge in [0.2, 0.25) is 0 Å². The van der Waals surface area contributed by atoms with E-state index in [0.717, 1.165) is 36.8 Å². The van der Waals surface area contributed by atoms with Crippen LogP contribution in [0.3, 0.4) is 0 Å². The largest absolute Gasteiger partial charge is 0.299 e. The number of benzene rings is 1. The van der Waals surface area contributed by atoms with E-state index < -0.39 is 0 Å². The summed E-state index contributed by atoms with van der Waals surface area (Å²) in [6.45, 7) is 12.5. The minimum atomic E-state index is -0.152. The maximum Gasteiger partial charge on any atom is 0.139 e. The van der Waals surface area contributed by atoms with Gasteiger partial charge in [-0.3, -0.25) is 4.79 Å². The Bertz CT molecular complexity index is 513. The van der Waals surface area contributed by atoms with Gasteiger partial charge in [-0.15, -0.1) is 0 Å². The van der Waals surface area contributed by atoms with E-state index in [-0.39, 0.29) is 23.1 Å². The third-order valence-electron chi connectivity index (χ3n) is 5.00. The molecule has 0 radical (unpaired) electrons. The van der Waals surface area contributed by atoms with Crippen molar-refractivity contribution in [2.75, 3.05) is 0 Å². The van der Waals surface area contributed by atoms with Crippen molar-refractivity contribution in [3.8, 4) is 0 Å². The van der Waals surface area contributed by atoms with Crippen LogP contribution in [0.4, 0.5) is 4.39 Å². The highest BCUT2D eigenvalue weighted by molar-refractivity contribution is 5.83. The van der Waals surface area contributed by atoms with Crippen LogP contribution < -0.4 is 0 Å². The van der Waals surface area contributed by atoms with Crippen LogP contribution in [0.25, 0.3) is 0 Å². The fourth-order valence-electron chi connectivity index (χ4n) is 2.88. The third kappa shape index (κ3) is 6.08. The topological polar surface area (TPSA) is 17.1 Å². The van der Waals surface area contributed by atoms with Gasteiger partial charge in [0.05, 0.1) is 0 Å². The predicted molar refractivity (Wildman–Crippen MR) is 96.1 cm³/mol. The monoisotopic (exact) mass is 320 g/mol. The molecule has 0 saturated heterocycles. The lowest BCUT2D eigenvalue weighted by molar-refractivity contribution is -0.129. The first-order valence-corrected chi connectivity index (χ1v) is 8.95. The Hall–Kier alpha value is -1.18. The van der Waals surface area contributed by atoms with Crippen molar-refractivity contribution in [2.45, 2.75) is 73.6 Å². The summed E-state index contributed by atoms with van der Waals surface area (Å²) in [5.74, 6) is 0.274. The van der Waals surface area contributed by atoms with E-state index in [1.807, 2.05) is 19.9 Å². The maximum absolute atomic E-state index is 13.9. The second kappa shape index (κ2) is 8.61. The molecule has 0 aromatic heterocycles. The molecule has 0 fully saturated rings. The van der Waals surface area contributed by atoms with Gasteiger partial charge in [-0.25, -0.2) is 4.39 Å². The Morgan fingerprint density at radius 3 is 2.43 bits per heavy atom. The molecule has 0 N–H and O–H groups in total. The molecule has 0 bridgehead atoms. The molecule has 0 aliphatic rings. The van der Waals surface area contributed by atoms with Crippen molar-refractivity contribution in [3.63, 3.8) is 0 Å². The van der Waals surface area contributed by atoms with Crippen molar-refractivity contribution >= 4 is 5.78 Å². The van der Waals surface area contributed by atoms with Crippen molar-refractivity contribution in [1.82, 2.24) is 0 Å². The first-order chi connectivity index (χ1) is 10.7. The Morgan fingerprint density at radius 1 is 1.22 bits per heavy atom. The highest BCUT2D eigenvalue weighted by Gasteiger charge is 2.31. The van der Waals surface area contributed by atoms with Crippen LogP contribution in [0.15, 0.2) is 18.2 Å². The molecule has 0 aliphatic heterocycles. The number of unbranched alkanes of at least 4 members (excludes halogenated alkanes) is 1. The number of halogens is 1. The Labute approximate surface area is 141 Å². The summed E-state index contributed by atoms with van der Waals surface area (Å²) in [7, 11) is 0. The van der Waals surface area contributed by atoms with Gasteiger partial charge >= 0.3 is 0 Å². The fraction of sp³-hybridized carbons (Fsp3) is 0.667. The zero-order valence-electron chi connectivity index (χ0n) is 15.7. The first kappa shape index (κ1) is 19.9. The standard InChI is InChI=1S/C21H33FO/c1-7-8-9-17(20(23)16(3)21(4,5)6)11-12-18-14-15(2)10-13-19(18)22/h10,13-14,16-17H,7-9,11-12H2,1-6H3. The van der Waals surface area contributed by atoms with Crippen molar-refractivity contribution in [2.24, 2.45) is 17.3 Å².